The number of phosphoric ester groups is 2. The first kappa shape index (κ1) is 97.1. The summed E-state index contributed by atoms with van der Waals surface area (Å²) in [6.45, 7) is 7.30. The second-order valence-corrected chi connectivity index (χ2v) is 32.0. The zero-order valence-corrected chi connectivity index (χ0v) is 66.4. The summed E-state index contributed by atoms with van der Waals surface area (Å²) in [4.78, 5) is 72.8. The molecule has 0 heterocycles. The normalized spacial score (nSPS) is 14.1. The molecular formula is C80H156O17P2. The molecule has 0 saturated heterocycles. The van der Waals surface area contributed by atoms with Gasteiger partial charge in [-0.05, 0) is 31.6 Å². The lowest BCUT2D eigenvalue weighted by Crippen LogP contribution is -2.30. The maximum Gasteiger partial charge on any atom is 0.472 e. The van der Waals surface area contributed by atoms with Crippen molar-refractivity contribution in [3.05, 3.63) is 0 Å². The van der Waals surface area contributed by atoms with E-state index in [1.54, 1.807) is 0 Å². The second kappa shape index (κ2) is 73.0. The van der Waals surface area contributed by atoms with E-state index in [9.17, 15) is 43.2 Å². The Morgan fingerprint density at radius 1 is 0.283 bits per heavy atom. The van der Waals surface area contributed by atoms with Crippen LogP contribution in [0.4, 0.5) is 0 Å². The second-order valence-electron chi connectivity index (χ2n) is 29.1. The number of aliphatic hydroxyl groups excluding tert-OH is 1. The minimum atomic E-state index is -4.96. The van der Waals surface area contributed by atoms with Crippen LogP contribution in [0, 0.1) is 5.92 Å². The molecule has 0 saturated carbocycles. The maximum absolute atomic E-state index is 13.1. The Bertz CT molecular complexity index is 1890. The van der Waals surface area contributed by atoms with Crippen molar-refractivity contribution in [3.63, 3.8) is 0 Å². The van der Waals surface area contributed by atoms with Crippen molar-refractivity contribution < 1.29 is 80.2 Å². The van der Waals surface area contributed by atoms with Gasteiger partial charge in [0, 0.05) is 25.7 Å². The van der Waals surface area contributed by atoms with Gasteiger partial charge in [-0.2, -0.15) is 0 Å². The third-order valence-corrected chi connectivity index (χ3v) is 21.0. The van der Waals surface area contributed by atoms with E-state index in [1.165, 1.54) is 238 Å². The average molecular weight is 1450 g/mol. The standard InChI is InChI=1S/C80H156O17P2/c1-6-10-13-16-19-21-23-25-27-29-30-31-32-34-36-38-40-45-50-55-60-65-79(84)97-76(70-91-78(83)64-59-54-49-44-39-37-35-33-28-26-24-22-20-17-14-11-7-2)72-95-99(88,89)93-68-74(81)67-92-98(86,87)94-71-75(69-90-77(82)63-58-53-47-18-15-12-8-3)96-80(85)66-61-56-51-46-42-41-43-48-52-57-62-73(5)9-4/h73-76,81H,6-72H2,1-5H3,(H,86,87)(H,88,89)/t73?,74-,75+,76+/m0/s1. The van der Waals surface area contributed by atoms with Crippen LogP contribution in [0.2, 0.25) is 0 Å². The number of phosphoric acid groups is 2. The first-order valence-electron chi connectivity index (χ1n) is 41.7. The zero-order valence-electron chi connectivity index (χ0n) is 64.6. The van der Waals surface area contributed by atoms with E-state index in [2.05, 4.69) is 34.6 Å². The molecule has 99 heavy (non-hydrogen) atoms. The van der Waals surface area contributed by atoms with Crippen molar-refractivity contribution in [2.45, 2.75) is 445 Å². The van der Waals surface area contributed by atoms with Crippen LogP contribution in [0.1, 0.15) is 426 Å². The molecule has 0 spiro atoms. The van der Waals surface area contributed by atoms with Gasteiger partial charge in [0.25, 0.3) is 0 Å². The van der Waals surface area contributed by atoms with E-state index >= 15 is 0 Å². The number of esters is 4. The van der Waals surface area contributed by atoms with E-state index in [1.807, 2.05) is 0 Å². The van der Waals surface area contributed by atoms with Crippen LogP contribution in [0.5, 0.6) is 0 Å². The summed E-state index contributed by atoms with van der Waals surface area (Å²) >= 11 is 0. The molecule has 0 radical (unpaired) electrons. The van der Waals surface area contributed by atoms with Gasteiger partial charge in [-0.3, -0.25) is 37.3 Å². The fourth-order valence-electron chi connectivity index (χ4n) is 12.4. The topological polar surface area (TPSA) is 237 Å². The van der Waals surface area contributed by atoms with Gasteiger partial charge in [0.15, 0.2) is 12.2 Å². The fourth-order valence-corrected chi connectivity index (χ4v) is 14.0. The Morgan fingerprint density at radius 2 is 0.485 bits per heavy atom. The molecule has 0 rings (SSSR count). The van der Waals surface area contributed by atoms with Crippen LogP contribution in [-0.4, -0.2) is 96.7 Å². The highest BCUT2D eigenvalue weighted by Gasteiger charge is 2.30. The Morgan fingerprint density at radius 3 is 0.717 bits per heavy atom. The number of rotatable bonds is 80. The van der Waals surface area contributed by atoms with Crippen molar-refractivity contribution >= 4 is 39.5 Å². The third kappa shape index (κ3) is 72.8. The van der Waals surface area contributed by atoms with E-state index in [0.29, 0.717) is 25.7 Å². The molecule has 0 bridgehead atoms. The minimum Gasteiger partial charge on any atom is -0.462 e. The highest BCUT2D eigenvalue weighted by Crippen LogP contribution is 2.45. The van der Waals surface area contributed by atoms with Gasteiger partial charge < -0.3 is 33.8 Å². The summed E-state index contributed by atoms with van der Waals surface area (Å²) in [5.74, 6) is -1.31. The molecule has 0 aliphatic rings. The van der Waals surface area contributed by atoms with E-state index in [4.69, 9.17) is 37.0 Å². The zero-order chi connectivity index (χ0) is 72.7. The van der Waals surface area contributed by atoms with E-state index in [-0.39, 0.29) is 25.7 Å². The van der Waals surface area contributed by atoms with Crippen molar-refractivity contribution in [3.8, 4) is 0 Å². The fraction of sp³-hybridized carbons (Fsp3) is 0.950. The quantitative estimate of drug-likeness (QED) is 0.0222. The number of hydrogen-bond donors (Lipinski definition) is 3. The Balaban J connectivity index is 5.17. The molecular weight excluding hydrogens is 1290 g/mol. The van der Waals surface area contributed by atoms with Crippen LogP contribution >= 0.6 is 15.6 Å². The molecule has 0 aromatic carbocycles. The summed E-state index contributed by atoms with van der Waals surface area (Å²) in [7, 11) is -9.91. The number of carbonyl (C=O) groups excluding carboxylic acids is 4. The van der Waals surface area contributed by atoms with Gasteiger partial charge in [-0.25, -0.2) is 9.13 Å². The maximum atomic E-state index is 13.1. The van der Waals surface area contributed by atoms with Gasteiger partial charge >= 0.3 is 39.5 Å². The average Bonchev–Trinajstić information content (AvgIpc) is 0.965. The molecule has 6 atom stereocenters. The molecule has 588 valence electrons. The number of carbonyl (C=O) groups is 4. The summed E-state index contributed by atoms with van der Waals surface area (Å²) in [6.07, 6.45) is 64.0. The Hall–Kier alpha value is -1.94. The Labute approximate surface area is 607 Å². The van der Waals surface area contributed by atoms with Crippen LogP contribution in [0.3, 0.4) is 0 Å². The van der Waals surface area contributed by atoms with Crippen molar-refractivity contribution in [1.82, 2.24) is 0 Å². The molecule has 0 fully saturated rings. The lowest BCUT2D eigenvalue weighted by Gasteiger charge is -2.21. The van der Waals surface area contributed by atoms with Gasteiger partial charge in [0.1, 0.15) is 19.3 Å². The lowest BCUT2D eigenvalue weighted by atomic mass is 9.99. The van der Waals surface area contributed by atoms with Gasteiger partial charge in [-0.15, -0.1) is 0 Å². The van der Waals surface area contributed by atoms with Crippen molar-refractivity contribution in [1.29, 1.82) is 0 Å². The third-order valence-electron chi connectivity index (χ3n) is 19.1. The summed E-state index contributed by atoms with van der Waals surface area (Å²) in [5, 5.41) is 10.6. The van der Waals surface area contributed by atoms with Crippen molar-refractivity contribution in [2.24, 2.45) is 5.92 Å². The molecule has 0 aliphatic carbocycles. The lowest BCUT2D eigenvalue weighted by molar-refractivity contribution is -0.161. The molecule has 19 heteroatoms. The molecule has 0 aromatic rings. The van der Waals surface area contributed by atoms with Gasteiger partial charge in [0.2, 0.25) is 0 Å². The summed E-state index contributed by atoms with van der Waals surface area (Å²) in [5.41, 5.74) is 0. The van der Waals surface area contributed by atoms with Gasteiger partial charge in [0.05, 0.1) is 26.4 Å². The van der Waals surface area contributed by atoms with Gasteiger partial charge in [-0.1, -0.05) is 375 Å². The monoisotopic (exact) mass is 1450 g/mol. The Kier molecular flexibility index (Phi) is 71.6. The first-order chi connectivity index (χ1) is 48.1. The highest BCUT2D eigenvalue weighted by atomic mass is 31.2. The van der Waals surface area contributed by atoms with Crippen LogP contribution in [0.15, 0.2) is 0 Å². The smallest absolute Gasteiger partial charge is 0.462 e. The highest BCUT2D eigenvalue weighted by molar-refractivity contribution is 7.47. The summed E-state index contributed by atoms with van der Waals surface area (Å²) < 4.78 is 68.6. The minimum absolute atomic E-state index is 0.106. The summed E-state index contributed by atoms with van der Waals surface area (Å²) in [6, 6.07) is 0. The largest absolute Gasteiger partial charge is 0.472 e. The molecule has 3 unspecified atom stereocenters. The predicted molar refractivity (Wildman–Crippen MR) is 405 cm³/mol. The van der Waals surface area contributed by atoms with Crippen LogP contribution in [0.25, 0.3) is 0 Å². The first-order valence-corrected chi connectivity index (χ1v) is 44.7. The SMILES string of the molecule is CCCCCCCCCCCCCCCCCCCCCCCC(=O)O[C@H](COC(=O)CCCCCCCCCCCCCCCCCCC)COP(=O)(O)OC[C@@H](O)COP(=O)(O)OC[C@@H](COC(=O)CCCCCCCCC)OC(=O)CCCCCCCCCCCCC(C)CC. The van der Waals surface area contributed by atoms with Crippen LogP contribution in [-0.2, 0) is 65.4 Å². The van der Waals surface area contributed by atoms with E-state index < -0.39 is 97.5 Å². The van der Waals surface area contributed by atoms with Crippen LogP contribution < -0.4 is 0 Å². The number of unbranched alkanes of at least 4 members (excludes halogenated alkanes) is 51. The van der Waals surface area contributed by atoms with Crippen molar-refractivity contribution in [2.75, 3.05) is 39.6 Å². The molecule has 0 amide bonds. The number of hydrogen-bond acceptors (Lipinski definition) is 15. The predicted octanol–water partition coefficient (Wildman–Crippen LogP) is 24.0. The number of aliphatic hydroxyl groups is 1. The molecule has 3 N–H and O–H groups in total. The van der Waals surface area contributed by atoms with E-state index in [0.717, 1.165) is 109 Å². The molecule has 0 aromatic heterocycles. The molecule has 0 aliphatic heterocycles. The number of ether oxygens (including phenoxy) is 4. The molecule has 17 nitrogen and oxygen atoms in total.